The first-order valence-electron chi connectivity index (χ1n) is 5.46. The van der Waals surface area contributed by atoms with Gasteiger partial charge < -0.3 is 10.4 Å². The molecule has 1 saturated heterocycles. The number of nitrogens with one attached hydrogen (secondary N) is 1. The van der Waals surface area contributed by atoms with Crippen molar-refractivity contribution in [1.82, 2.24) is 15.2 Å². The Hall–Kier alpha value is -0.980. The molecule has 0 radical (unpaired) electrons. The van der Waals surface area contributed by atoms with Gasteiger partial charge in [0.1, 0.15) is 6.04 Å². The number of pyridine rings is 1. The summed E-state index contributed by atoms with van der Waals surface area (Å²) in [6.45, 7) is 3.13. The van der Waals surface area contributed by atoms with Gasteiger partial charge >= 0.3 is 5.97 Å². The second kappa shape index (κ2) is 5.57. The molecule has 1 aliphatic rings. The van der Waals surface area contributed by atoms with E-state index >= 15 is 0 Å². The minimum Gasteiger partial charge on any atom is -0.480 e. The molecule has 2 heterocycles. The number of hydrogen-bond donors (Lipinski definition) is 2. The predicted octanol–water partition coefficient (Wildman–Crippen LogP) is 0.875. The molecular weight excluding hydrogens is 286 g/mol. The van der Waals surface area contributed by atoms with Crippen LogP contribution in [0.15, 0.2) is 22.9 Å². The van der Waals surface area contributed by atoms with Gasteiger partial charge in [0.15, 0.2) is 0 Å². The molecule has 1 aliphatic heterocycles. The molecule has 1 atom stereocenters. The number of rotatable bonds is 3. The summed E-state index contributed by atoms with van der Waals surface area (Å²) >= 11 is 3.32. The number of halogens is 1. The van der Waals surface area contributed by atoms with Crippen LogP contribution in [0.5, 0.6) is 0 Å². The Labute approximate surface area is 108 Å². The highest BCUT2D eigenvalue weighted by molar-refractivity contribution is 9.10. The van der Waals surface area contributed by atoms with Crippen molar-refractivity contribution >= 4 is 21.9 Å². The van der Waals surface area contributed by atoms with Gasteiger partial charge in [-0.15, -0.1) is 0 Å². The molecule has 0 aliphatic carbocycles. The third-order valence-corrected chi connectivity index (χ3v) is 3.23. The predicted molar refractivity (Wildman–Crippen MR) is 66.8 cm³/mol. The van der Waals surface area contributed by atoms with Crippen LogP contribution in [0.4, 0.5) is 0 Å². The van der Waals surface area contributed by atoms with Crippen LogP contribution in [0.25, 0.3) is 0 Å². The van der Waals surface area contributed by atoms with Crippen molar-refractivity contribution in [2.45, 2.75) is 6.04 Å². The van der Waals surface area contributed by atoms with Crippen LogP contribution in [-0.2, 0) is 4.79 Å². The molecule has 1 fully saturated rings. The average Bonchev–Trinajstić information content (AvgIpc) is 2.30. The molecule has 2 rings (SSSR count). The smallest absolute Gasteiger partial charge is 0.325 e. The maximum Gasteiger partial charge on any atom is 0.325 e. The Bertz CT molecular complexity index is 407. The topological polar surface area (TPSA) is 65.5 Å². The summed E-state index contributed by atoms with van der Waals surface area (Å²) in [5.74, 6) is -0.827. The number of aliphatic carboxylic acids is 1. The van der Waals surface area contributed by atoms with Crippen LogP contribution in [0.2, 0.25) is 0 Å². The van der Waals surface area contributed by atoms with Gasteiger partial charge in [-0.1, -0.05) is 0 Å². The zero-order valence-electron chi connectivity index (χ0n) is 9.27. The molecular formula is C11H14BrN3O2. The Morgan fingerprint density at radius 3 is 2.76 bits per heavy atom. The van der Waals surface area contributed by atoms with Gasteiger partial charge in [0.05, 0.1) is 0 Å². The highest BCUT2D eigenvalue weighted by Crippen LogP contribution is 2.23. The van der Waals surface area contributed by atoms with Gasteiger partial charge in [-0.25, -0.2) is 0 Å². The highest BCUT2D eigenvalue weighted by atomic mass is 79.9. The Morgan fingerprint density at radius 2 is 2.18 bits per heavy atom. The van der Waals surface area contributed by atoms with Crippen LogP contribution >= 0.6 is 15.9 Å². The third kappa shape index (κ3) is 3.02. The van der Waals surface area contributed by atoms with E-state index in [2.05, 4.69) is 26.2 Å². The maximum atomic E-state index is 11.4. The van der Waals surface area contributed by atoms with Gasteiger partial charge in [-0.05, 0) is 27.6 Å². The lowest BCUT2D eigenvalue weighted by molar-refractivity contribution is -0.143. The first-order chi connectivity index (χ1) is 8.18. The standard InChI is InChI=1S/C11H14BrN3O2/c12-9-5-8(6-14-7-9)10(11(16)17)15-3-1-13-2-4-15/h5-7,10,13H,1-4H2,(H,16,17). The lowest BCUT2D eigenvalue weighted by Gasteiger charge is -2.32. The number of carboxylic acid groups (broad SMARTS) is 1. The molecule has 1 unspecified atom stereocenters. The number of piperazine rings is 1. The molecule has 0 bridgehead atoms. The molecule has 0 amide bonds. The van der Waals surface area contributed by atoms with Crippen LogP contribution in [0.1, 0.15) is 11.6 Å². The zero-order chi connectivity index (χ0) is 12.3. The van der Waals surface area contributed by atoms with Gasteiger partial charge in [-0.3, -0.25) is 14.7 Å². The van der Waals surface area contributed by atoms with Crippen molar-refractivity contribution in [3.63, 3.8) is 0 Å². The summed E-state index contributed by atoms with van der Waals surface area (Å²) in [4.78, 5) is 17.4. The summed E-state index contributed by atoms with van der Waals surface area (Å²) < 4.78 is 0.802. The lowest BCUT2D eigenvalue weighted by atomic mass is 10.1. The minimum atomic E-state index is -0.827. The van der Waals surface area contributed by atoms with Gasteiger partial charge in [-0.2, -0.15) is 0 Å². The molecule has 92 valence electrons. The molecule has 0 spiro atoms. The van der Waals surface area contributed by atoms with E-state index in [4.69, 9.17) is 0 Å². The summed E-state index contributed by atoms with van der Waals surface area (Å²) in [6, 6.07) is 1.20. The number of hydrogen-bond acceptors (Lipinski definition) is 4. The Morgan fingerprint density at radius 1 is 1.47 bits per heavy atom. The lowest BCUT2D eigenvalue weighted by Crippen LogP contribution is -2.47. The molecule has 2 N–H and O–H groups in total. The fraction of sp³-hybridized carbons (Fsp3) is 0.455. The van der Waals surface area contributed by atoms with Crippen molar-refractivity contribution in [3.05, 3.63) is 28.5 Å². The molecule has 17 heavy (non-hydrogen) atoms. The number of carboxylic acids is 1. The highest BCUT2D eigenvalue weighted by Gasteiger charge is 2.28. The van der Waals surface area contributed by atoms with E-state index in [1.807, 2.05) is 11.0 Å². The fourth-order valence-electron chi connectivity index (χ4n) is 2.03. The van der Waals surface area contributed by atoms with Crippen LogP contribution in [0.3, 0.4) is 0 Å². The normalized spacial score (nSPS) is 18.9. The summed E-state index contributed by atoms with van der Waals surface area (Å²) in [7, 11) is 0. The first-order valence-corrected chi connectivity index (χ1v) is 6.26. The van der Waals surface area contributed by atoms with E-state index in [1.54, 1.807) is 12.4 Å². The summed E-state index contributed by atoms with van der Waals surface area (Å²) in [6.07, 6.45) is 3.27. The van der Waals surface area contributed by atoms with Crippen LogP contribution in [-0.4, -0.2) is 47.1 Å². The summed E-state index contributed by atoms with van der Waals surface area (Å²) in [5.41, 5.74) is 0.716. The number of carbonyl (C=O) groups is 1. The number of nitrogens with zero attached hydrogens (tertiary/aromatic N) is 2. The van der Waals surface area contributed by atoms with Crippen LogP contribution < -0.4 is 5.32 Å². The van der Waals surface area contributed by atoms with E-state index in [1.165, 1.54) is 0 Å². The molecule has 6 heteroatoms. The molecule has 1 aromatic heterocycles. The van der Waals surface area contributed by atoms with Crippen molar-refractivity contribution in [3.8, 4) is 0 Å². The quantitative estimate of drug-likeness (QED) is 0.867. The SMILES string of the molecule is O=C(O)C(c1cncc(Br)c1)N1CCNCC1. The molecule has 5 nitrogen and oxygen atoms in total. The summed E-state index contributed by atoms with van der Waals surface area (Å²) in [5, 5.41) is 12.6. The van der Waals surface area contributed by atoms with E-state index < -0.39 is 12.0 Å². The second-order valence-corrected chi connectivity index (χ2v) is 4.88. The third-order valence-electron chi connectivity index (χ3n) is 2.79. The first kappa shape index (κ1) is 12.5. The maximum absolute atomic E-state index is 11.4. The molecule has 0 aromatic carbocycles. The minimum absolute atomic E-state index is 0.609. The van der Waals surface area contributed by atoms with Crippen molar-refractivity contribution < 1.29 is 9.90 Å². The Balaban J connectivity index is 2.25. The van der Waals surface area contributed by atoms with Crippen LogP contribution in [0, 0.1) is 0 Å². The fourth-order valence-corrected chi connectivity index (χ4v) is 2.41. The van der Waals surface area contributed by atoms with Gasteiger partial charge in [0.25, 0.3) is 0 Å². The van der Waals surface area contributed by atoms with Gasteiger partial charge in [0.2, 0.25) is 0 Å². The second-order valence-electron chi connectivity index (χ2n) is 3.96. The zero-order valence-corrected chi connectivity index (χ0v) is 10.9. The average molecular weight is 300 g/mol. The number of aromatic nitrogens is 1. The van der Waals surface area contributed by atoms with Crippen molar-refractivity contribution in [2.24, 2.45) is 0 Å². The van der Waals surface area contributed by atoms with E-state index in [0.717, 1.165) is 30.7 Å². The largest absolute Gasteiger partial charge is 0.480 e. The van der Waals surface area contributed by atoms with Gasteiger partial charge in [0, 0.05) is 43.0 Å². The monoisotopic (exact) mass is 299 g/mol. The van der Waals surface area contributed by atoms with E-state index in [9.17, 15) is 9.90 Å². The molecule has 0 saturated carbocycles. The van der Waals surface area contributed by atoms with E-state index in [-0.39, 0.29) is 0 Å². The van der Waals surface area contributed by atoms with Crippen molar-refractivity contribution in [2.75, 3.05) is 26.2 Å². The van der Waals surface area contributed by atoms with E-state index in [0.29, 0.717) is 5.56 Å². The Kier molecular flexibility index (Phi) is 4.09. The molecule has 1 aromatic rings. The van der Waals surface area contributed by atoms with Crippen molar-refractivity contribution in [1.29, 1.82) is 0 Å².